The predicted octanol–water partition coefficient (Wildman–Crippen LogP) is 3.49. The van der Waals surface area contributed by atoms with Crippen LogP contribution in [0.2, 0.25) is 5.02 Å². The quantitative estimate of drug-likeness (QED) is 0.662. The van der Waals surface area contributed by atoms with Crippen molar-refractivity contribution in [2.45, 2.75) is 32.3 Å². The van der Waals surface area contributed by atoms with Gasteiger partial charge in [-0.15, -0.1) is 11.3 Å². The third-order valence-electron chi connectivity index (χ3n) is 3.51. The van der Waals surface area contributed by atoms with Gasteiger partial charge in [-0.1, -0.05) is 25.4 Å². The normalized spacial score (nSPS) is 11.7. The van der Waals surface area contributed by atoms with E-state index in [9.17, 15) is 13.2 Å². The van der Waals surface area contributed by atoms with E-state index in [1.165, 1.54) is 33.8 Å². The van der Waals surface area contributed by atoms with Crippen LogP contribution in [-0.4, -0.2) is 36.8 Å². The third kappa shape index (κ3) is 4.58. The van der Waals surface area contributed by atoms with E-state index in [0.29, 0.717) is 18.8 Å². The molecular weight excluding hydrogens is 384 g/mol. The van der Waals surface area contributed by atoms with Crippen LogP contribution in [0.4, 0.5) is 0 Å². The van der Waals surface area contributed by atoms with Gasteiger partial charge >= 0.3 is 5.97 Å². The Hall–Kier alpha value is -1.48. The summed E-state index contributed by atoms with van der Waals surface area (Å²) in [5.74, 6) is -0.627. The summed E-state index contributed by atoms with van der Waals surface area (Å²) in [6.45, 7) is 6.00. The average Bonchev–Trinajstić information content (AvgIpc) is 2.99. The standard InChI is InChI=1S/C16H19ClN2O4S2/c1-4-19(5-2)25(21,22)15-8-12(6-7-14(15)17)16(20)23-9-13-10-24-11(3)18-13/h6-8,10H,4-5,9H2,1-3H3. The Balaban J connectivity index is 2.24. The Labute approximate surface area is 156 Å². The molecule has 1 aromatic carbocycles. The van der Waals surface area contributed by atoms with Crippen LogP contribution in [0.3, 0.4) is 0 Å². The molecule has 136 valence electrons. The van der Waals surface area contributed by atoms with Gasteiger partial charge in [-0.2, -0.15) is 4.31 Å². The topological polar surface area (TPSA) is 76.6 Å². The van der Waals surface area contributed by atoms with Crippen molar-refractivity contribution < 1.29 is 17.9 Å². The van der Waals surface area contributed by atoms with Gasteiger partial charge in [-0.25, -0.2) is 18.2 Å². The number of nitrogens with zero attached hydrogens (tertiary/aromatic N) is 2. The van der Waals surface area contributed by atoms with Gasteiger partial charge in [-0.3, -0.25) is 0 Å². The maximum absolute atomic E-state index is 12.7. The van der Waals surface area contributed by atoms with Crippen molar-refractivity contribution in [3.05, 3.63) is 44.9 Å². The molecule has 0 N–H and O–H groups in total. The van der Waals surface area contributed by atoms with Gasteiger partial charge in [0, 0.05) is 18.5 Å². The van der Waals surface area contributed by atoms with E-state index in [1.54, 1.807) is 19.2 Å². The number of carbonyl (C=O) groups is 1. The minimum atomic E-state index is -3.77. The van der Waals surface area contributed by atoms with Gasteiger partial charge in [0.15, 0.2) is 0 Å². The molecular formula is C16H19ClN2O4S2. The molecule has 0 radical (unpaired) electrons. The summed E-state index contributed by atoms with van der Waals surface area (Å²) in [5, 5.41) is 2.75. The summed E-state index contributed by atoms with van der Waals surface area (Å²) >= 11 is 7.52. The molecule has 1 aromatic heterocycles. The lowest BCUT2D eigenvalue weighted by Gasteiger charge is -2.19. The molecule has 0 fully saturated rings. The molecule has 0 atom stereocenters. The number of esters is 1. The summed E-state index contributed by atoms with van der Waals surface area (Å²) < 4.78 is 31.8. The highest BCUT2D eigenvalue weighted by atomic mass is 35.5. The molecule has 0 aliphatic heterocycles. The Bertz CT molecular complexity index is 861. The number of aromatic nitrogens is 1. The molecule has 2 rings (SSSR count). The van der Waals surface area contributed by atoms with Gasteiger partial charge < -0.3 is 4.74 Å². The van der Waals surface area contributed by atoms with Gasteiger partial charge in [0.25, 0.3) is 0 Å². The van der Waals surface area contributed by atoms with E-state index >= 15 is 0 Å². The highest BCUT2D eigenvalue weighted by molar-refractivity contribution is 7.89. The van der Waals surface area contributed by atoms with Gasteiger partial charge in [0.2, 0.25) is 10.0 Å². The van der Waals surface area contributed by atoms with Crippen LogP contribution in [-0.2, 0) is 21.4 Å². The summed E-state index contributed by atoms with van der Waals surface area (Å²) in [4.78, 5) is 16.3. The maximum Gasteiger partial charge on any atom is 0.338 e. The number of rotatable bonds is 7. The summed E-state index contributed by atoms with van der Waals surface area (Å²) in [7, 11) is -3.77. The van der Waals surface area contributed by atoms with Crippen molar-refractivity contribution in [2.75, 3.05) is 13.1 Å². The third-order valence-corrected chi connectivity index (χ3v) is 6.86. The first-order valence-corrected chi connectivity index (χ1v) is 10.4. The first kappa shape index (κ1) is 19.8. The fourth-order valence-electron chi connectivity index (χ4n) is 2.23. The molecule has 1 heterocycles. The molecule has 0 aliphatic rings. The zero-order chi connectivity index (χ0) is 18.6. The molecule has 0 saturated heterocycles. The first-order valence-electron chi connectivity index (χ1n) is 7.67. The fraction of sp³-hybridized carbons (Fsp3) is 0.375. The van der Waals surface area contributed by atoms with Crippen molar-refractivity contribution in [3.8, 4) is 0 Å². The maximum atomic E-state index is 12.7. The Morgan fingerprint density at radius 3 is 2.56 bits per heavy atom. The Morgan fingerprint density at radius 2 is 2.00 bits per heavy atom. The van der Waals surface area contributed by atoms with Crippen LogP contribution in [0.15, 0.2) is 28.5 Å². The zero-order valence-electron chi connectivity index (χ0n) is 14.2. The number of benzene rings is 1. The first-order chi connectivity index (χ1) is 11.8. The highest BCUT2D eigenvalue weighted by Crippen LogP contribution is 2.26. The van der Waals surface area contributed by atoms with Crippen molar-refractivity contribution in [1.82, 2.24) is 9.29 Å². The number of aryl methyl sites for hydroxylation is 1. The lowest BCUT2D eigenvalue weighted by atomic mass is 10.2. The molecule has 0 aliphatic carbocycles. The molecule has 0 unspecified atom stereocenters. The van der Waals surface area contributed by atoms with Crippen LogP contribution in [0, 0.1) is 6.92 Å². The number of sulfonamides is 1. The molecule has 9 heteroatoms. The lowest BCUT2D eigenvalue weighted by molar-refractivity contribution is 0.0468. The predicted molar refractivity (Wildman–Crippen MR) is 97.5 cm³/mol. The monoisotopic (exact) mass is 402 g/mol. The second-order valence-corrected chi connectivity index (χ2v) is 8.54. The van der Waals surface area contributed by atoms with E-state index in [4.69, 9.17) is 16.3 Å². The van der Waals surface area contributed by atoms with Crippen LogP contribution < -0.4 is 0 Å². The molecule has 0 amide bonds. The average molecular weight is 403 g/mol. The zero-order valence-corrected chi connectivity index (χ0v) is 16.5. The van der Waals surface area contributed by atoms with E-state index in [1.807, 2.05) is 6.92 Å². The van der Waals surface area contributed by atoms with Crippen LogP contribution in [0.25, 0.3) is 0 Å². The molecule has 2 aromatic rings. The summed E-state index contributed by atoms with van der Waals surface area (Å²) in [6, 6.07) is 4.09. The van der Waals surface area contributed by atoms with Gasteiger partial charge in [0.05, 0.1) is 21.3 Å². The van der Waals surface area contributed by atoms with E-state index in [0.717, 1.165) is 5.01 Å². The number of hydrogen-bond donors (Lipinski definition) is 0. The Kier molecular flexibility index (Phi) is 6.56. The SMILES string of the molecule is CCN(CC)S(=O)(=O)c1cc(C(=O)OCc2csc(C)n2)ccc1Cl. The van der Waals surface area contributed by atoms with Gasteiger partial charge in [0.1, 0.15) is 11.5 Å². The van der Waals surface area contributed by atoms with Crippen molar-refractivity contribution in [1.29, 1.82) is 0 Å². The van der Waals surface area contributed by atoms with Crippen LogP contribution >= 0.6 is 22.9 Å². The molecule has 25 heavy (non-hydrogen) atoms. The van der Waals surface area contributed by atoms with Crippen molar-refractivity contribution in [3.63, 3.8) is 0 Å². The number of halogens is 1. The number of carbonyl (C=O) groups excluding carboxylic acids is 1. The minimum absolute atomic E-state index is 0.0317. The molecule has 6 nitrogen and oxygen atoms in total. The lowest BCUT2D eigenvalue weighted by Crippen LogP contribution is -2.31. The second-order valence-electron chi connectivity index (χ2n) is 5.17. The Morgan fingerprint density at radius 1 is 1.32 bits per heavy atom. The molecule has 0 spiro atoms. The van der Waals surface area contributed by atoms with Crippen LogP contribution in [0.5, 0.6) is 0 Å². The van der Waals surface area contributed by atoms with Crippen molar-refractivity contribution >= 4 is 38.9 Å². The van der Waals surface area contributed by atoms with Crippen LogP contribution in [0.1, 0.15) is 34.9 Å². The molecule has 0 saturated carbocycles. The molecule has 0 bridgehead atoms. The summed E-state index contributed by atoms with van der Waals surface area (Å²) in [6.07, 6.45) is 0. The van der Waals surface area contributed by atoms with E-state index < -0.39 is 16.0 Å². The smallest absolute Gasteiger partial charge is 0.338 e. The van der Waals surface area contributed by atoms with Gasteiger partial charge in [-0.05, 0) is 25.1 Å². The highest BCUT2D eigenvalue weighted by Gasteiger charge is 2.25. The van der Waals surface area contributed by atoms with E-state index in [2.05, 4.69) is 4.98 Å². The largest absolute Gasteiger partial charge is 0.456 e. The second kappa shape index (κ2) is 8.27. The van der Waals surface area contributed by atoms with E-state index in [-0.39, 0.29) is 22.1 Å². The van der Waals surface area contributed by atoms with Crippen molar-refractivity contribution in [2.24, 2.45) is 0 Å². The fourth-order valence-corrected chi connectivity index (χ4v) is 4.78. The number of thiazole rings is 1. The number of ether oxygens (including phenoxy) is 1. The summed E-state index contributed by atoms with van der Waals surface area (Å²) in [5.41, 5.74) is 0.780. The number of hydrogen-bond acceptors (Lipinski definition) is 6. The minimum Gasteiger partial charge on any atom is -0.456 e.